The molecule has 0 spiro atoms. The van der Waals surface area contributed by atoms with Crippen molar-refractivity contribution in [3.05, 3.63) is 52.6 Å². The maximum atomic E-state index is 12.3. The van der Waals surface area contributed by atoms with Gasteiger partial charge < -0.3 is 20.1 Å². The van der Waals surface area contributed by atoms with Gasteiger partial charge in [-0.2, -0.15) is 4.98 Å². The van der Waals surface area contributed by atoms with E-state index >= 15 is 0 Å². The summed E-state index contributed by atoms with van der Waals surface area (Å²) in [7, 11) is 0. The average Bonchev–Trinajstić information content (AvgIpc) is 3.24. The van der Waals surface area contributed by atoms with Crippen molar-refractivity contribution in [2.24, 2.45) is 0 Å². The van der Waals surface area contributed by atoms with E-state index in [4.69, 9.17) is 4.74 Å². The van der Waals surface area contributed by atoms with E-state index in [0.29, 0.717) is 5.56 Å². The Morgan fingerprint density at radius 3 is 2.68 bits per heavy atom. The highest BCUT2D eigenvalue weighted by Gasteiger charge is 2.44. The van der Waals surface area contributed by atoms with E-state index in [1.165, 1.54) is 10.9 Å². The number of benzene rings is 1. The molecule has 11 nitrogen and oxygen atoms in total. The maximum absolute atomic E-state index is 12.3. The molecule has 1 amide bonds. The molecule has 0 unspecified atom stereocenters. The first-order valence-corrected chi connectivity index (χ1v) is 8.45. The number of aromatic nitrogens is 4. The molecule has 0 aliphatic carbocycles. The lowest BCUT2D eigenvalue weighted by molar-refractivity contribution is -0.0511. The van der Waals surface area contributed by atoms with Gasteiger partial charge in [-0.05, 0) is 12.1 Å². The predicted molar refractivity (Wildman–Crippen MR) is 95.6 cm³/mol. The molecule has 4 atom stereocenters. The number of ether oxygens (including phenoxy) is 1. The highest BCUT2D eigenvalue weighted by atomic mass is 16.6. The van der Waals surface area contributed by atoms with Crippen molar-refractivity contribution in [1.82, 2.24) is 19.5 Å². The molecule has 4 rings (SSSR count). The van der Waals surface area contributed by atoms with Crippen molar-refractivity contribution in [3.63, 3.8) is 0 Å². The summed E-state index contributed by atoms with van der Waals surface area (Å²) in [5.74, 6) is -0.582. The van der Waals surface area contributed by atoms with Gasteiger partial charge >= 0.3 is 0 Å². The van der Waals surface area contributed by atoms with Crippen LogP contribution in [0.5, 0.6) is 0 Å². The van der Waals surface area contributed by atoms with Gasteiger partial charge in [0.2, 0.25) is 5.95 Å². The summed E-state index contributed by atoms with van der Waals surface area (Å²) in [5, 5.41) is 31.9. The quantitative estimate of drug-likeness (QED) is 0.380. The van der Waals surface area contributed by atoms with Gasteiger partial charge in [-0.15, -0.1) is 0 Å². The minimum atomic E-state index is -1.36. The van der Waals surface area contributed by atoms with Gasteiger partial charge in [0.05, 0.1) is 12.9 Å². The molecule has 0 bridgehead atoms. The lowest BCUT2D eigenvalue weighted by Gasteiger charge is -2.16. The van der Waals surface area contributed by atoms with E-state index in [1.807, 2.05) is 0 Å². The normalized spacial score (nSPS) is 24.5. The number of rotatable bonds is 4. The third-order valence-electron chi connectivity index (χ3n) is 4.49. The summed E-state index contributed by atoms with van der Waals surface area (Å²) in [6.45, 7) is -0.492. The van der Waals surface area contributed by atoms with Crippen LogP contribution < -0.4 is 10.9 Å². The minimum Gasteiger partial charge on any atom is -0.394 e. The number of carbonyl (C=O) groups is 1. The van der Waals surface area contributed by atoms with Crippen LogP contribution in [0, 0.1) is 0 Å². The number of nitrogens with zero attached hydrogens (tertiary/aromatic N) is 3. The van der Waals surface area contributed by atoms with Gasteiger partial charge in [-0.3, -0.25) is 24.5 Å². The summed E-state index contributed by atoms with van der Waals surface area (Å²) in [4.78, 5) is 35.2. The molecule has 146 valence electrons. The number of fused-ring (bicyclic) bond motifs is 1. The largest absolute Gasteiger partial charge is 0.394 e. The molecule has 2 aromatic heterocycles. The molecule has 11 heteroatoms. The van der Waals surface area contributed by atoms with Crippen LogP contribution in [0.2, 0.25) is 0 Å². The van der Waals surface area contributed by atoms with Crippen molar-refractivity contribution in [2.45, 2.75) is 24.5 Å². The molecule has 1 fully saturated rings. The Hall–Kier alpha value is -3.12. The Morgan fingerprint density at radius 2 is 2.00 bits per heavy atom. The Morgan fingerprint density at radius 1 is 1.25 bits per heavy atom. The van der Waals surface area contributed by atoms with Gasteiger partial charge in [-0.25, -0.2) is 4.98 Å². The Balaban J connectivity index is 1.69. The number of aliphatic hydroxyl groups excluding tert-OH is 3. The van der Waals surface area contributed by atoms with Crippen LogP contribution in [0.1, 0.15) is 16.6 Å². The first-order valence-electron chi connectivity index (χ1n) is 8.45. The Bertz CT molecular complexity index is 1060. The van der Waals surface area contributed by atoms with E-state index in [-0.39, 0.29) is 17.1 Å². The van der Waals surface area contributed by atoms with Crippen molar-refractivity contribution < 1.29 is 24.9 Å². The second-order valence-corrected chi connectivity index (χ2v) is 6.29. The molecule has 3 aromatic rings. The zero-order chi connectivity index (χ0) is 19.8. The lowest BCUT2D eigenvalue weighted by Crippen LogP contribution is -2.33. The molecule has 1 aromatic carbocycles. The molecule has 3 heterocycles. The number of hydrogen-bond donors (Lipinski definition) is 5. The van der Waals surface area contributed by atoms with E-state index < -0.39 is 42.6 Å². The maximum Gasteiger partial charge on any atom is 0.280 e. The number of aromatic amines is 1. The highest BCUT2D eigenvalue weighted by molar-refractivity contribution is 6.03. The van der Waals surface area contributed by atoms with E-state index in [2.05, 4.69) is 20.3 Å². The van der Waals surface area contributed by atoms with E-state index in [0.717, 1.165) is 0 Å². The summed E-state index contributed by atoms with van der Waals surface area (Å²) in [5.41, 5.74) is -0.210. The van der Waals surface area contributed by atoms with Crippen LogP contribution in [0.4, 0.5) is 5.95 Å². The molecule has 0 saturated carbocycles. The topological polar surface area (TPSA) is 163 Å². The fourth-order valence-electron chi connectivity index (χ4n) is 3.05. The zero-order valence-corrected chi connectivity index (χ0v) is 14.4. The highest BCUT2D eigenvalue weighted by Crippen LogP contribution is 2.30. The number of anilines is 1. The van der Waals surface area contributed by atoms with Crippen LogP contribution in [-0.4, -0.2) is 65.7 Å². The van der Waals surface area contributed by atoms with Crippen molar-refractivity contribution in [2.75, 3.05) is 11.9 Å². The first-order chi connectivity index (χ1) is 13.5. The lowest BCUT2D eigenvalue weighted by atomic mass is 10.1. The molecular formula is C17H17N5O6. The molecule has 1 aliphatic heterocycles. The number of H-pyrrole nitrogens is 1. The third kappa shape index (κ3) is 3.05. The molecule has 0 radical (unpaired) electrons. The fourth-order valence-corrected chi connectivity index (χ4v) is 3.05. The number of hydrogen-bond acceptors (Lipinski definition) is 8. The minimum absolute atomic E-state index is 0.0320. The van der Waals surface area contributed by atoms with Crippen LogP contribution in [-0.2, 0) is 4.74 Å². The van der Waals surface area contributed by atoms with E-state index in [1.54, 1.807) is 30.3 Å². The second-order valence-electron chi connectivity index (χ2n) is 6.29. The number of imidazole rings is 1. The molecule has 1 saturated heterocycles. The van der Waals surface area contributed by atoms with Gasteiger partial charge in [0.15, 0.2) is 17.4 Å². The first kappa shape index (κ1) is 18.3. The average molecular weight is 387 g/mol. The fraction of sp³-hybridized carbons (Fsp3) is 0.294. The molecule has 1 aliphatic rings. The summed E-state index contributed by atoms with van der Waals surface area (Å²) < 4.78 is 6.72. The van der Waals surface area contributed by atoms with Gasteiger partial charge in [-0.1, -0.05) is 18.2 Å². The smallest absolute Gasteiger partial charge is 0.280 e. The zero-order valence-electron chi connectivity index (χ0n) is 14.4. The van der Waals surface area contributed by atoms with Crippen LogP contribution in [0.25, 0.3) is 11.2 Å². The van der Waals surface area contributed by atoms with Crippen LogP contribution in [0.3, 0.4) is 0 Å². The Kier molecular flexibility index (Phi) is 4.65. The number of aliphatic hydroxyl groups is 3. The predicted octanol–water partition coefficient (Wildman–Crippen LogP) is -1.02. The van der Waals surface area contributed by atoms with Gasteiger partial charge in [0.1, 0.15) is 18.3 Å². The molecule has 5 N–H and O–H groups in total. The second kappa shape index (κ2) is 7.13. The van der Waals surface area contributed by atoms with Gasteiger partial charge in [0.25, 0.3) is 11.5 Å². The molecular weight excluding hydrogens is 370 g/mol. The number of carbonyl (C=O) groups excluding carboxylic acids is 1. The SMILES string of the molecule is O=C(Nc1nc2c(ncn2[C@H]2O[C@@H](CO)[C@H](O)[C@@H]2O)c(=O)[nH]1)c1ccccc1. The standard InChI is InChI=1S/C17H17N5O6/c23-6-9-11(24)12(25)16(28-9)22-7-18-10-13(22)19-17(21-15(10)27)20-14(26)8-4-2-1-3-5-8/h1-5,7,9,11-12,16,23-25H,6H2,(H2,19,20,21,26,27)/t9-,11-,12-,16-/m0/s1. The summed E-state index contributed by atoms with van der Waals surface area (Å²) in [6.07, 6.45) is -3.54. The third-order valence-corrected chi connectivity index (χ3v) is 4.49. The van der Waals surface area contributed by atoms with Crippen molar-refractivity contribution in [3.8, 4) is 0 Å². The number of amides is 1. The Labute approximate surface area is 157 Å². The van der Waals surface area contributed by atoms with Crippen LogP contribution in [0.15, 0.2) is 41.5 Å². The molecule has 28 heavy (non-hydrogen) atoms. The van der Waals surface area contributed by atoms with E-state index in [9.17, 15) is 24.9 Å². The van der Waals surface area contributed by atoms with Gasteiger partial charge in [0, 0.05) is 5.56 Å². The monoisotopic (exact) mass is 387 g/mol. The summed E-state index contributed by atoms with van der Waals surface area (Å²) in [6, 6.07) is 8.38. The summed E-state index contributed by atoms with van der Waals surface area (Å²) >= 11 is 0. The van der Waals surface area contributed by atoms with Crippen molar-refractivity contribution in [1.29, 1.82) is 0 Å². The van der Waals surface area contributed by atoms with Crippen molar-refractivity contribution >= 4 is 23.0 Å². The number of nitrogens with one attached hydrogen (secondary N) is 2. The van der Waals surface area contributed by atoms with Crippen LogP contribution >= 0.6 is 0 Å².